The molecule has 0 amide bonds. The van der Waals surface area contributed by atoms with Gasteiger partial charge in [0.15, 0.2) is 16.8 Å². The van der Waals surface area contributed by atoms with Crippen LogP contribution in [0.1, 0.15) is 24.2 Å². The quantitative estimate of drug-likeness (QED) is 0.462. The third kappa shape index (κ3) is 4.37. The third-order valence-electron chi connectivity index (χ3n) is 3.72. The zero-order chi connectivity index (χ0) is 17.6. The first-order valence-corrected chi connectivity index (χ1v) is 9.33. The standard InChI is InChI=1S/C20H21N3OS/c1-15(2)13-23-19(17-11-7-4-8-12-17)21-22-20(23)25-14-18(24)16-9-5-3-6-10-16/h3-12,15H,13-14H2,1-2H3. The van der Waals surface area contributed by atoms with Crippen LogP contribution >= 0.6 is 11.8 Å². The molecule has 0 unspecified atom stereocenters. The predicted octanol–water partition coefficient (Wildman–Crippen LogP) is 4.58. The summed E-state index contributed by atoms with van der Waals surface area (Å²) in [5.41, 5.74) is 1.77. The SMILES string of the molecule is CC(C)Cn1c(SCC(=O)c2ccccc2)nnc1-c1ccccc1. The van der Waals surface area contributed by atoms with Crippen molar-refractivity contribution >= 4 is 17.5 Å². The van der Waals surface area contributed by atoms with E-state index >= 15 is 0 Å². The summed E-state index contributed by atoms with van der Waals surface area (Å²) in [6.07, 6.45) is 0. The summed E-state index contributed by atoms with van der Waals surface area (Å²) >= 11 is 1.45. The second-order valence-corrected chi connectivity index (χ2v) is 7.20. The molecule has 5 heteroatoms. The Morgan fingerprint density at radius 3 is 2.28 bits per heavy atom. The van der Waals surface area contributed by atoms with Crippen LogP contribution in [-0.2, 0) is 6.54 Å². The highest BCUT2D eigenvalue weighted by atomic mass is 32.2. The van der Waals surface area contributed by atoms with Crippen LogP contribution in [0.3, 0.4) is 0 Å². The molecule has 0 atom stereocenters. The monoisotopic (exact) mass is 351 g/mol. The molecule has 2 aromatic carbocycles. The van der Waals surface area contributed by atoms with Crippen molar-refractivity contribution in [3.05, 3.63) is 66.2 Å². The molecular formula is C20H21N3OS. The van der Waals surface area contributed by atoms with E-state index in [1.54, 1.807) is 0 Å². The highest BCUT2D eigenvalue weighted by Crippen LogP contribution is 2.25. The first-order valence-electron chi connectivity index (χ1n) is 8.35. The number of thioether (sulfide) groups is 1. The van der Waals surface area contributed by atoms with Gasteiger partial charge in [-0.25, -0.2) is 0 Å². The van der Waals surface area contributed by atoms with Gasteiger partial charge in [0.1, 0.15) is 0 Å². The maximum Gasteiger partial charge on any atom is 0.191 e. The molecule has 3 rings (SSSR count). The lowest BCUT2D eigenvalue weighted by atomic mass is 10.2. The van der Waals surface area contributed by atoms with E-state index in [4.69, 9.17) is 0 Å². The first-order chi connectivity index (χ1) is 12.1. The minimum Gasteiger partial charge on any atom is -0.302 e. The van der Waals surface area contributed by atoms with Gasteiger partial charge in [0.25, 0.3) is 0 Å². The minimum absolute atomic E-state index is 0.103. The van der Waals surface area contributed by atoms with Crippen molar-refractivity contribution in [1.82, 2.24) is 14.8 Å². The van der Waals surface area contributed by atoms with Gasteiger partial charge in [-0.3, -0.25) is 4.79 Å². The highest BCUT2D eigenvalue weighted by Gasteiger charge is 2.16. The summed E-state index contributed by atoms with van der Waals surface area (Å²) in [6.45, 7) is 5.15. The second kappa shape index (κ2) is 8.12. The van der Waals surface area contributed by atoms with Gasteiger partial charge in [-0.15, -0.1) is 10.2 Å². The molecule has 0 N–H and O–H groups in total. The van der Waals surface area contributed by atoms with Crippen LogP contribution < -0.4 is 0 Å². The zero-order valence-electron chi connectivity index (χ0n) is 14.4. The number of nitrogens with zero attached hydrogens (tertiary/aromatic N) is 3. The Morgan fingerprint density at radius 2 is 1.64 bits per heavy atom. The van der Waals surface area contributed by atoms with E-state index in [-0.39, 0.29) is 5.78 Å². The molecule has 0 saturated carbocycles. The van der Waals surface area contributed by atoms with Crippen LogP contribution in [0, 0.1) is 5.92 Å². The Bertz CT molecular complexity index is 829. The third-order valence-corrected chi connectivity index (χ3v) is 4.69. The Hall–Kier alpha value is -2.40. The van der Waals surface area contributed by atoms with Gasteiger partial charge < -0.3 is 4.57 Å². The molecule has 3 aromatic rings. The number of ketones is 1. The van der Waals surface area contributed by atoms with E-state index in [2.05, 4.69) is 28.6 Å². The molecule has 1 heterocycles. The molecule has 0 aliphatic rings. The zero-order valence-corrected chi connectivity index (χ0v) is 15.2. The number of Topliss-reactive ketones (excluding diaryl/α,β-unsaturated/α-hetero) is 1. The fraction of sp³-hybridized carbons (Fsp3) is 0.250. The largest absolute Gasteiger partial charge is 0.302 e. The summed E-state index contributed by atoms with van der Waals surface area (Å²) < 4.78 is 2.11. The van der Waals surface area contributed by atoms with Gasteiger partial charge in [0.2, 0.25) is 0 Å². The summed E-state index contributed by atoms with van der Waals surface area (Å²) in [5.74, 6) is 1.77. The van der Waals surface area contributed by atoms with Gasteiger partial charge in [0.05, 0.1) is 5.75 Å². The van der Waals surface area contributed by atoms with E-state index in [0.717, 1.165) is 28.7 Å². The van der Waals surface area contributed by atoms with E-state index in [1.165, 1.54) is 11.8 Å². The fourth-order valence-corrected chi connectivity index (χ4v) is 3.41. The normalized spacial score (nSPS) is 11.0. The van der Waals surface area contributed by atoms with E-state index in [0.29, 0.717) is 11.7 Å². The number of benzene rings is 2. The average molecular weight is 351 g/mol. The second-order valence-electron chi connectivity index (χ2n) is 6.25. The molecule has 1 aromatic heterocycles. The van der Waals surface area contributed by atoms with Gasteiger partial charge >= 0.3 is 0 Å². The summed E-state index contributed by atoms with van der Waals surface area (Å²) in [7, 11) is 0. The molecule has 0 radical (unpaired) electrons. The number of rotatable bonds is 7. The molecule has 0 spiro atoms. The molecule has 0 bridgehead atoms. The van der Waals surface area contributed by atoms with Crippen LogP contribution in [0.2, 0.25) is 0 Å². The average Bonchev–Trinajstić information content (AvgIpc) is 3.03. The molecule has 0 saturated heterocycles. The van der Waals surface area contributed by atoms with Crippen molar-refractivity contribution in [1.29, 1.82) is 0 Å². The lowest BCUT2D eigenvalue weighted by Gasteiger charge is -2.12. The number of aromatic nitrogens is 3. The number of hydrogen-bond donors (Lipinski definition) is 0. The predicted molar refractivity (Wildman–Crippen MR) is 102 cm³/mol. The minimum atomic E-state index is 0.103. The lowest BCUT2D eigenvalue weighted by molar-refractivity contribution is 0.102. The molecule has 4 nitrogen and oxygen atoms in total. The van der Waals surface area contributed by atoms with Crippen molar-refractivity contribution in [2.75, 3.05) is 5.75 Å². The molecule has 0 aliphatic carbocycles. The van der Waals surface area contributed by atoms with Crippen LogP contribution in [0.15, 0.2) is 65.8 Å². The Labute approximate surface area is 152 Å². The van der Waals surface area contributed by atoms with Crippen LogP contribution in [-0.4, -0.2) is 26.3 Å². The summed E-state index contributed by atoms with van der Waals surface area (Å²) in [5, 5.41) is 9.49. The summed E-state index contributed by atoms with van der Waals surface area (Å²) in [6, 6.07) is 19.4. The van der Waals surface area contributed by atoms with E-state index < -0.39 is 0 Å². The van der Waals surface area contributed by atoms with Crippen LogP contribution in [0.5, 0.6) is 0 Å². The van der Waals surface area contributed by atoms with Gasteiger partial charge in [-0.05, 0) is 5.92 Å². The van der Waals surface area contributed by atoms with Crippen molar-refractivity contribution < 1.29 is 4.79 Å². The molecular weight excluding hydrogens is 330 g/mol. The molecule has 128 valence electrons. The van der Waals surface area contributed by atoms with E-state index in [1.807, 2.05) is 60.7 Å². The highest BCUT2D eigenvalue weighted by molar-refractivity contribution is 7.99. The summed E-state index contributed by atoms with van der Waals surface area (Å²) in [4.78, 5) is 12.4. The van der Waals surface area contributed by atoms with Gasteiger partial charge in [0, 0.05) is 17.7 Å². The molecule has 0 fully saturated rings. The Morgan fingerprint density at radius 1 is 1.00 bits per heavy atom. The van der Waals surface area contributed by atoms with Crippen LogP contribution in [0.4, 0.5) is 0 Å². The van der Waals surface area contributed by atoms with Crippen molar-refractivity contribution in [2.45, 2.75) is 25.5 Å². The Balaban J connectivity index is 1.81. The number of carbonyl (C=O) groups excluding carboxylic acids is 1. The van der Waals surface area contributed by atoms with E-state index in [9.17, 15) is 4.79 Å². The first kappa shape index (κ1) is 17.4. The molecule has 0 aliphatic heterocycles. The molecule has 25 heavy (non-hydrogen) atoms. The topological polar surface area (TPSA) is 47.8 Å². The van der Waals surface area contributed by atoms with Crippen molar-refractivity contribution in [3.8, 4) is 11.4 Å². The van der Waals surface area contributed by atoms with Crippen molar-refractivity contribution in [3.63, 3.8) is 0 Å². The van der Waals surface area contributed by atoms with Crippen molar-refractivity contribution in [2.24, 2.45) is 5.92 Å². The van der Waals surface area contributed by atoms with Gasteiger partial charge in [-0.2, -0.15) is 0 Å². The smallest absolute Gasteiger partial charge is 0.191 e. The van der Waals surface area contributed by atoms with Crippen LogP contribution in [0.25, 0.3) is 11.4 Å². The van der Waals surface area contributed by atoms with Gasteiger partial charge in [-0.1, -0.05) is 86.3 Å². The number of hydrogen-bond acceptors (Lipinski definition) is 4. The maximum absolute atomic E-state index is 12.4. The Kier molecular flexibility index (Phi) is 5.66. The lowest BCUT2D eigenvalue weighted by Crippen LogP contribution is -2.09. The fourth-order valence-electron chi connectivity index (χ4n) is 2.56. The number of carbonyl (C=O) groups is 1. The maximum atomic E-state index is 12.4.